The molecule has 3 N–H and O–H groups in total. The zero-order valence-corrected chi connectivity index (χ0v) is 21.2. The second-order valence-electron chi connectivity index (χ2n) is 10.00. The molecule has 1 aliphatic rings. The minimum atomic E-state index is -0.624. The Hall–Kier alpha value is -3.33. The average Bonchev–Trinajstić information content (AvgIpc) is 2.78. The van der Waals surface area contributed by atoms with Crippen LogP contribution in [-0.4, -0.2) is 41.9 Å². The van der Waals surface area contributed by atoms with Gasteiger partial charge < -0.3 is 15.4 Å². The van der Waals surface area contributed by atoms with Crippen molar-refractivity contribution < 1.29 is 23.1 Å². The smallest absolute Gasteiger partial charge is 0.251 e. The third-order valence-electron chi connectivity index (χ3n) is 6.14. The van der Waals surface area contributed by atoms with E-state index in [-0.39, 0.29) is 36.2 Å². The van der Waals surface area contributed by atoms with Gasteiger partial charge in [0, 0.05) is 24.8 Å². The molecule has 7 nitrogen and oxygen atoms in total. The van der Waals surface area contributed by atoms with Crippen molar-refractivity contribution in [1.29, 1.82) is 5.41 Å². The fourth-order valence-electron chi connectivity index (χ4n) is 4.69. The molecular formula is C27H34F2N4O3. The summed E-state index contributed by atoms with van der Waals surface area (Å²) >= 11 is 0. The van der Waals surface area contributed by atoms with E-state index in [4.69, 9.17) is 10.1 Å². The second kappa shape index (κ2) is 11.6. The van der Waals surface area contributed by atoms with Crippen LogP contribution in [0.2, 0.25) is 0 Å². The molecule has 0 aliphatic carbocycles. The molecule has 1 heterocycles. The molecule has 194 valence electrons. The highest BCUT2D eigenvalue weighted by molar-refractivity contribution is 5.99. The van der Waals surface area contributed by atoms with Crippen molar-refractivity contribution in [1.82, 2.24) is 15.5 Å². The molecule has 1 aliphatic heterocycles. The summed E-state index contributed by atoms with van der Waals surface area (Å²) in [4.78, 5) is 27.2. The number of carbonyl (C=O) groups excluding carboxylic acids is 2. The van der Waals surface area contributed by atoms with Gasteiger partial charge in [-0.25, -0.2) is 8.78 Å². The number of methoxy groups -OCH3 is 1. The molecule has 9 heteroatoms. The Bertz CT molecular complexity index is 1090. The van der Waals surface area contributed by atoms with Crippen molar-refractivity contribution in [2.45, 2.75) is 58.2 Å². The lowest BCUT2D eigenvalue weighted by atomic mass is 9.86. The highest BCUT2D eigenvalue weighted by Crippen LogP contribution is 2.26. The quantitative estimate of drug-likeness (QED) is 0.447. The van der Waals surface area contributed by atoms with E-state index in [2.05, 4.69) is 24.5 Å². The summed E-state index contributed by atoms with van der Waals surface area (Å²) in [6, 6.07) is 9.21. The van der Waals surface area contributed by atoms with Crippen molar-refractivity contribution >= 4 is 17.8 Å². The van der Waals surface area contributed by atoms with Crippen LogP contribution in [-0.2, 0) is 16.1 Å². The van der Waals surface area contributed by atoms with Crippen molar-refractivity contribution in [2.75, 3.05) is 13.7 Å². The molecule has 0 unspecified atom stereocenters. The lowest BCUT2D eigenvalue weighted by molar-refractivity contribution is -0.131. The number of nitrogens with one attached hydrogen (secondary N) is 3. The molecule has 1 saturated heterocycles. The normalized spacial score (nSPS) is 18.8. The molecule has 2 atom stereocenters. The Labute approximate surface area is 210 Å². The van der Waals surface area contributed by atoms with Crippen LogP contribution in [0.3, 0.4) is 0 Å². The van der Waals surface area contributed by atoms with Crippen molar-refractivity contribution in [3.8, 4) is 0 Å². The summed E-state index contributed by atoms with van der Waals surface area (Å²) in [5.74, 6) is -1.44. The molecule has 2 aromatic rings. The maximum absolute atomic E-state index is 14.5. The van der Waals surface area contributed by atoms with Crippen LogP contribution in [0.5, 0.6) is 0 Å². The lowest BCUT2D eigenvalue weighted by Crippen LogP contribution is -2.61. The number of guanidine groups is 1. The number of hydrogen-bond donors (Lipinski definition) is 3. The van der Waals surface area contributed by atoms with Crippen molar-refractivity contribution in [3.63, 3.8) is 0 Å². The molecule has 3 rings (SSSR count). The minimum absolute atomic E-state index is 0.0362. The molecule has 0 spiro atoms. The standard InChI is InChI=1S/C27H34F2N4O3/c1-17(2)14-27(3)15-24(34)33(26(30)32-27)16-18-11-20(13-22(29)12-18)25(35)31-23(9-10-36-4)19-5-7-21(28)8-6-19/h5-8,11-13,17,23H,9-10,14-16H2,1-4H3,(H2,30,32)(H,31,35)/t23-,27+/m0/s1. The number of halogens is 2. The van der Waals surface area contributed by atoms with Crippen LogP contribution in [0.4, 0.5) is 8.78 Å². The monoisotopic (exact) mass is 500 g/mol. The van der Waals surface area contributed by atoms with Gasteiger partial charge in [-0.1, -0.05) is 26.0 Å². The molecular weight excluding hydrogens is 466 g/mol. The first kappa shape index (κ1) is 27.3. The molecule has 2 amide bonds. The Morgan fingerprint density at radius 3 is 2.50 bits per heavy atom. The molecule has 0 bridgehead atoms. The number of nitrogens with zero attached hydrogens (tertiary/aromatic N) is 1. The molecule has 0 aromatic heterocycles. The van der Waals surface area contributed by atoms with E-state index in [0.717, 1.165) is 12.5 Å². The molecule has 0 saturated carbocycles. The maximum atomic E-state index is 14.5. The third kappa shape index (κ3) is 7.10. The van der Waals surface area contributed by atoms with E-state index >= 15 is 0 Å². The predicted octanol–water partition coefficient (Wildman–Crippen LogP) is 4.53. The van der Waals surface area contributed by atoms with Crippen molar-refractivity contribution in [2.24, 2.45) is 5.92 Å². The van der Waals surface area contributed by atoms with Gasteiger partial charge >= 0.3 is 0 Å². The van der Waals surface area contributed by atoms with Gasteiger partial charge in [-0.2, -0.15) is 0 Å². The van der Waals surface area contributed by atoms with Gasteiger partial charge in [0.1, 0.15) is 11.6 Å². The number of ether oxygens (including phenoxy) is 1. The van der Waals surface area contributed by atoms with Crippen LogP contribution in [0.25, 0.3) is 0 Å². The van der Waals surface area contributed by atoms with Crippen LogP contribution in [0, 0.1) is 23.0 Å². The van der Waals surface area contributed by atoms with Gasteiger partial charge in [0.05, 0.1) is 19.0 Å². The summed E-state index contributed by atoms with van der Waals surface area (Å²) < 4.78 is 33.0. The van der Waals surface area contributed by atoms with E-state index in [0.29, 0.717) is 30.1 Å². The van der Waals surface area contributed by atoms with E-state index < -0.39 is 23.3 Å². The number of carbonyl (C=O) groups is 2. The summed E-state index contributed by atoms with van der Waals surface area (Å²) in [5.41, 5.74) is 0.663. The Morgan fingerprint density at radius 1 is 1.19 bits per heavy atom. The second-order valence-corrected chi connectivity index (χ2v) is 10.00. The maximum Gasteiger partial charge on any atom is 0.251 e. The van der Waals surface area contributed by atoms with Gasteiger partial charge in [0.25, 0.3) is 5.91 Å². The van der Waals surface area contributed by atoms with Gasteiger partial charge in [0.2, 0.25) is 5.91 Å². The largest absolute Gasteiger partial charge is 0.385 e. The van der Waals surface area contributed by atoms with Crippen LogP contribution in [0.15, 0.2) is 42.5 Å². The molecule has 0 radical (unpaired) electrons. The van der Waals surface area contributed by atoms with Crippen LogP contribution < -0.4 is 10.6 Å². The van der Waals surface area contributed by atoms with Gasteiger partial charge in [-0.05, 0) is 67.1 Å². The summed E-state index contributed by atoms with van der Waals surface area (Å²) in [7, 11) is 1.54. The summed E-state index contributed by atoms with van der Waals surface area (Å²) in [6.45, 7) is 6.36. The fraction of sp³-hybridized carbons (Fsp3) is 0.444. The lowest BCUT2D eigenvalue weighted by Gasteiger charge is -2.41. The first-order valence-corrected chi connectivity index (χ1v) is 12.0. The predicted molar refractivity (Wildman–Crippen MR) is 133 cm³/mol. The summed E-state index contributed by atoms with van der Waals surface area (Å²) in [5, 5.41) is 14.4. The highest BCUT2D eigenvalue weighted by atomic mass is 19.1. The zero-order chi connectivity index (χ0) is 26.5. The van der Waals surface area contributed by atoms with Crippen LogP contribution in [0.1, 0.15) is 67.6 Å². The number of rotatable bonds is 10. The van der Waals surface area contributed by atoms with Crippen LogP contribution >= 0.6 is 0 Å². The first-order valence-electron chi connectivity index (χ1n) is 12.0. The van der Waals surface area contributed by atoms with Gasteiger partial charge in [0.15, 0.2) is 5.96 Å². The Balaban J connectivity index is 1.76. The molecule has 36 heavy (non-hydrogen) atoms. The molecule has 1 fully saturated rings. The van der Waals surface area contributed by atoms with E-state index in [1.54, 1.807) is 19.2 Å². The summed E-state index contributed by atoms with van der Waals surface area (Å²) in [6.07, 6.45) is 1.39. The van der Waals surface area contributed by atoms with E-state index in [9.17, 15) is 18.4 Å². The van der Waals surface area contributed by atoms with E-state index in [1.807, 2.05) is 6.92 Å². The zero-order valence-electron chi connectivity index (χ0n) is 21.2. The van der Waals surface area contributed by atoms with Crippen molar-refractivity contribution in [3.05, 3.63) is 70.8 Å². The minimum Gasteiger partial charge on any atom is -0.385 e. The number of benzene rings is 2. The number of amides is 2. The van der Waals surface area contributed by atoms with Gasteiger partial charge in [-0.3, -0.25) is 19.9 Å². The number of hydrogen-bond acceptors (Lipinski definition) is 4. The fourth-order valence-corrected chi connectivity index (χ4v) is 4.69. The highest BCUT2D eigenvalue weighted by Gasteiger charge is 2.38. The Kier molecular flexibility index (Phi) is 8.79. The van der Waals surface area contributed by atoms with E-state index in [1.165, 1.54) is 29.2 Å². The molecule has 2 aromatic carbocycles. The Morgan fingerprint density at radius 2 is 1.89 bits per heavy atom. The average molecular weight is 501 g/mol. The third-order valence-corrected chi connectivity index (χ3v) is 6.14. The first-order chi connectivity index (χ1) is 17.0. The van der Waals surface area contributed by atoms with Gasteiger partial charge in [-0.15, -0.1) is 0 Å². The topological polar surface area (TPSA) is 94.5 Å². The SMILES string of the molecule is COCC[C@H](NC(=O)c1cc(F)cc(CN2C(=N)N[C@](C)(CC(C)C)CC2=O)c1)c1ccc(F)cc1.